The van der Waals surface area contributed by atoms with Crippen molar-refractivity contribution in [3.8, 4) is 0 Å². The average molecular weight is 296 g/mol. The summed E-state index contributed by atoms with van der Waals surface area (Å²) in [6.07, 6.45) is 19.1. The smallest absolute Gasteiger partial charge is 0.0984 e. The van der Waals surface area contributed by atoms with Crippen LogP contribution in [0.4, 0.5) is 0 Å². The Bertz CT molecular complexity index is 651. The topological polar surface area (TPSA) is 24.7 Å². The molecule has 0 saturated carbocycles. The summed E-state index contributed by atoms with van der Waals surface area (Å²) in [5, 5.41) is 0. The first-order valence-corrected chi connectivity index (χ1v) is 8.11. The fraction of sp³-hybridized carbons (Fsp3) is 0.125. The summed E-state index contributed by atoms with van der Waals surface area (Å²) >= 11 is 3.12. The number of nitrogens with zero attached hydrogens (tertiary/aromatic N) is 2. The number of rotatable bonds is 1. The summed E-state index contributed by atoms with van der Waals surface area (Å²) < 4.78 is 9.21. The molecule has 2 aliphatic heterocycles. The van der Waals surface area contributed by atoms with Crippen molar-refractivity contribution in [2.24, 2.45) is 8.80 Å². The van der Waals surface area contributed by atoms with Gasteiger partial charge in [0, 0.05) is 33.7 Å². The lowest BCUT2D eigenvalue weighted by Crippen LogP contribution is -2.15. The van der Waals surface area contributed by atoms with E-state index in [0.29, 0.717) is 0 Å². The van der Waals surface area contributed by atoms with Crippen LogP contribution in [0.25, 0.3) is 0 Å². The predicted octanol–water partition coefficient (Wildman–Crippen LogP) is 4.73. The molecule has 4 rings (SSSR count). The highest BCUT2D eigenvalue weighted by Crippen LogP contribution is 2.37. The first-order chi connectivity index (χ1) is 9.90. The molecule has 0 bridgehead atoms. The Labute approximate surface area is 126 Å². The van der Waals surface area contributed by atoms with Crippen molar-refractivity contribution in [1.82, 2.24) is 0 Å². The van der Waals surface area contributed by atoms with Gasteiger partial charge in [-0.15, -0.1) is 0 Å². The highest BCUT2D eigenvalue weighted by Gasteiger charge is 2.20. The molecule has 0 aromatic heterocycles. The van der Waals surface area contributed by atoms with Gasteiger partial charge in [0.1, 0.15) is 0 Å². The molecule has 2 nitrogen and oxygen atoms in total. The largest absolute Gasteiger partial charge is 0.209 e. The van der Waals surface area contributed by atoms with Crippen LogP contribution in [-0.2, 0) is 0 Å². The molecule has 2 heterocycles. The third-order valence-corrected chi connectivity index (χ3v) is 5.21. The standard InChI is InChI=1S/C16H12N2S2/c1-3-7-15-11(5-1)9-13(17-19-15)14-10-12-6-2-4-8-16(12)20-18-14/h1-4,7-10H,5-6H2. The summed E-state index contributed by atoms with van der Waals surface area (Å²) in [6, 6.07) is 0. The zero-order valence-corrected chi connectivity index (χ0v) is 12.4. The highest BCUT2D eigenvalue weighted by molar-refractivity contribution is 8.02. The summed E-state index contributed by atoms with van der Waals surface area (Å²) in [7, 11) is 0. The van der Waals surface area contributed by atoms with Crippen LogP contribution in [0.3, 0.4) is 0 Å². The SMILES string of the molecule is C1=CCC2=CC(C3=NSC4=CC=CCC4=C3)=NSC2=C1. The Hall–Kier alpha value is -1.52. The number of allylic oxidation sites excluding steroid dienone is 10. The van der Waals surface area contributed by atoms with Crippen LogP contribution in [0.15, 0.2) is 78.4 Å². The van der Waals surface area contributed by atoms with E-state index in [1.165, 1.54) is 21.0 Å². The summed E-state index contributed by atoms with van der Waals surface area (Å²) in [5.74, 6) is 0. The molecule has 4 aliphatic rings. The lowest BCUT2D eigenvalue weighted by molar-refractivity contribution is 1.25. The van der Waals surface area contributed by atoms with Crippen molar-refractivity contribution in [2.45, 2.75) is 12.8 Å². The van der Waals surface area contributed by atoms with Gasteiger partial charge < -0.3 is 0 Å². The van der Waals surface area contributed by atoms with Crippen LogP contribution < -0.4 is 0 Å². The van der Waals surface area contributed by atoms with E-state index in [1.54, 1.807) is 23.9 Å². The molecule has 98 valence electrons. The van der Waals surface area contributed by atoms with E-state index in [4.69, 9.17) is 0 Å². The lowest BCUT2D eigenvalue weighted by atomic mass is 10.0. The fourth-order valence-electron chi connectivity index (χ4n) is 2.38. The molecule has 0 unspecified atom stereocenters. The minimum Gasteiger partial charge on any atom is -0.209 e. The Kier molecular flexibility index (Phi) is 3.13. The van der Waals surface area contributed by atoms with Crippen molar-refractivity contribution in [3.63, 3.8) is 0 Å². The quantitative estimate of drug-likeness (QED) is 0.653. The van der Waals surface area contributed by atoms with Gasteiger partial charge in [-0.05, 0) is 48.3 Å². The fourth-order valence-corrected chi connectivity index (χ4v) is 3.86. The molecule has 0 aromatic rings. The second-order valence-corrected chi connectivity index (χ2v) is 6.41. The van der Waals surface area contributed by atoms with Crippen LogP contribution in [0.1, 0.15) is 12.8 Å². The highest BCUT2D eigenvalue weighted by atomic mass is 32.2. The van der Waals surface area contributed by atoms with Gasteiger partial charge in [0.15, 0.2) is 0 Å². The average Bonchev–Trinajstić information content (AvgIpc) is 2.54. The maximum Gasteiger partial charge on any atom is 0.0984 e. The molecule has 0 saturated heterocycles. The predicted molar refractivity (Wildman–Crippen MR) is 89.9 cm³/mol. The van der Waals surface area contributed by atoms with Gasteiger partial charge in [-0.1, -0.05) is 24.3 Å². The molecule has 0 spiro atoms. The molecule has 0 fully saturated rings. The van der Waals surface area contributed by atoms with E-state index in [2.05, 4.69) is 57.4 Å². The third-order valence-electron chi connectivity index (χ3n) is 3.44. The van der Waals surface area contributed by atoms with E-state index in [1.807, 2.05) is 0 Å². The second kappa shape index (κ2) is 5.11. The first-order valence-electron chi connectivity index (χ1n) is 6.56. The van der Waals surface area contributed by atoms with Crippen LogP contribution >= 0.6 is 23.9 Å². The molecule has 0 aromatic carbocycles. The van der Waals surface area contributed by atoms with E-state index >= 15 is 0 Å². The van der Waals surface area contributed by atoms with Crippen molar-refractivity contribution in [3.05, 3.63) is 69.6 Å². The minimum atomic E-state index is 0.989. The molecular formula is C16H12N2S2. The van der Waals surface area contributed by atoms with Gasteiger partial charge in [0.2, 0.25) is 0 Å². The Morgan fingerprint density at radius 1 is 0.750 bits per heavy atom. The summed E-state index contributed by atoms with van der Waals surface area (Å²) in [6.45, 7) is 0. The van der Waals surface area contributed by atoms with Gasteiger partial charge >= 0.3 is 0 Å². The summed E-state index contributed by atoms with van der Waals surface area (Å²) in [4.78, 5) is 2.52. The van der Waals surface area contributed by atoms with Crippen LogP contribution in [0.2, 0.25) is 0 Å². The van der Waals surface area contributed by atoms with Gasteiger partial charge in [0.25, 0.3) is 0 Å². The van der Waals surface area contributed by atoms with Gasteiger partial charge in [0.05, 0.1) is 11.4 Å². The van der Waals surface area contributed by atoms with Crippen molar-refractivity contribution >= 4 is 35.3 Å². The van der Waals surface area contributed by atoms with Crippen LogP contribution in [0, 0.1) is 0 Å². The monoisotopic (exact) mass is 296 g/mol. The molecule has 0 amide bonds. The zero-order chi connectivity index (χ0) is 13.4. The number of fused-ring (bicyclic) bond motifs is 2. The Morgan fingerprint density at radius 2 is 1.25 bits per heavy atom. The third kappa shape index (κ3) is 2.19. The molecule has 20 heavy (non-hydrogen) atoms. The zero-order valence-electron chi connectivity index (χ0n) is 10.7. The van der Waals surface area contributed by atoms with E-state index < -0.39 is 0 Å². The normalized spacial score (nSPS) is 23.6. The molecule has 2 aliphatic carbocycles. The Balaban J connectivity index is 1.64. The van der Waals surface area contributed by atoms with Crippen molar-refractivity contribution in [2.75, 3.05) is 0 Å². The van der Waals surface area contributed by atoms with Gasteiger partial charge in [-0.3, -0.25) is 0 Å². The van der Waals surface area contributed by atoms with Gasteiger partial charge in [-0.2, -0.15) is 0 Å². The molecule has 0 radical (unpaired) electrons. The number of hydrogen-bond acceptors (Lipinski definition) is 4. The van der Waals surface area contributed by atoms with E-state index in [0.717, 1.165) is 24.3 Å². The maximum atomic E-state index is 4.60. The van der Waals surface area contributed by atoms with E-state index in [9.17, 15) is 0 Å². The van der Waals surface area contributed by atoms with Crippen LogP contribution in [0.5, 0.6) is 0 Å². The molecule has 4 heteroatoms. The first kappa shape index (κ1) is 12.2. The van der Waals surface area contributed by atoms with Crippen molar-refractivity contribution < 1.29 is 0 Å². The van der Waals surface area contributed by atoms with Crippen molar-refractivity contribution in [1.29, 1.82) is 0 Å². The molecule has 0 N–H and O–H groups in total. The van der Waals surface area contributed by atoms with E-state index in [-0.39, 0.29) is 0 Å². The Morgan fingerprint density at radius 3 is 1.75 bits per heavy atom. The number of hydrogen-bond donors (Lipinski definition) is 0. The maximum absolute atomic E-state index is 4.60. The second-order valence-electron chi connectivity index (χ2n) is 4.80. The molecule has 0 atom stereocenters. The van der Waals surface area contributed by atoms with Crippen LogP contribution in [-0.4, -0.2) is 11.4 Å². The minimum absolute atomic E-state index is 0.989. The van der Waals surface area contributed by atoms with Gasteiger partial charge in [-0.25, -0.2) is 8.80 Å². The molecular weight excluding hydrogens is 284 g/mol. The summed E-state index contributed by atoms with van der Waals surface area (Å²) in [5.41, 5.74) is 4.68. The lowest BCUT2D eigenvalue weighted by Gasteiger charge is -2.20.